The molecule has 0 fully saturated rings. The number of hydrogen-bond acceptors (Lipinski definition) is 6. The van der Waals surface area contributed by atoms with Crippen molar-refractivity contribution in [3.05, 3.63) is 40.8 Å². The number of nitrogens with one attached hydrogen (secondary N) is 1. The Hall–Kier alpha value is -3.10. The van der Waals surface area contributed by atoms with Crippen LogP contribution in [0.5, 0.6) is 17.2 Å². The second-order valence-electron chi connectivity index (χ2n) is 8.45. The predicted molar refractivity (Wildman–Crippen MR) is 137 cm³/mol. The minimum absolute atomic E-state index is 0.0646. The number of rotatable bonds is 10. The van der Waals surface area contributed by atoms with E-state index in [0.717, 1.165) is 38.2 Å². The summed E-state index contributed by atoms with van der Waals surface area (Å²) >= 11 is 6.15. The Bertz CT molecular complexity index is 1360. The quantitative estimate of drug-likeness (QED) is 0.274. The van der Waals surface area contributed by atoms with E-state index in [1.807, 2.05) is 6.92 Å². The maximum absolute atomic E-state index is 15.8. The molecule has 0 bridgehead atoms. The van der Waals surface area contributed by atoms with E-state index in [9.17, 15) is 5.11 Å². The van der Waals surface area contributed by atoms with E-state index in [1.54, 1.807) is 12.1 Å². The fourth-order valence-corrected chi connectivity index (χ4v) is 4.49. The number of phenols is 1. The lowest BCUT2D eigenvalue weighted by Crippen LogP contribution is -2.29. The van der Waals surface area contributed by atoms with Crippen molar-refractivity contribution in [2.45, 2.75) is 33.6 Å². The van der Waals surface area contributed by atoms with Gasteiger partial charge in [-0.25, -0.2) is 9.37 Å². The zero-order valence-corrected chi connectivity index (χ0v) is 21.2. The predicted octanol–water partition coefficient (Wildman–Crippen LogP) is 6.09. The summed E-state index contributed by atoms with van der Waals surface area (Å²) in [5, 5.41) is 18.7. The lowest BCUT2D eigenvalue weighted by molar-refractivity contribution is 0.209. The van der Waals surface area contributed by atoms with E-state index in [0.29, 0.717) is 45.8 Å². The van der Waals surface area contributed by atoms with E-state index < -0.39 is 5.82 Å². The number of ether oxygens (including phenoxy) is 2. The van der Waals surface area contributed by atoms with Crippen LogP contribution in [0.4, 0.5) is 4.39 Å². The van der Waals surface area contributed by atoms with Crippen LogP contribution in [-0.2, 0) is 0 Å². The molecular weight excluding hydrogens is 471 g/mol. The normalized spacial score (nSPS) is 11.6. The van der Waals surface area contributed by atoms with Gasteiger partial charge in [0.2, 0.25) is 0 Å². The van der Waals surface area contributed by atoms with Gasteiger partial charge in [0.15, 0.2) is 17.1 Å². The van der Waals surface area contributed by atoms with Crippen molar-refractivity contribution in [2.24, 2.45) is 0 Å². The molecule has 9 heteroatoms. The van der Waals surface area contributed by atoms with Gasteiger partial charge >= 0.3 is 0 Å². The standard InChI is InChI=1S/C26H30ClFN4O3/c1-5-7-10-32(6-2)11-12-35-20-14-18(28)22-23(25(20)34-4)21-15(3)30-31-26(21)29-24(22)16-8-9-19(33)17(27)13-16/h8-9,13-14,33H,5-7,10-12H2,1-4H3,(H,29,30,31). The molecule has 0 amide bonds. The highest BCUT2D eigenvalue weighted by Crippen LogP contribution is 2.45. The largest absolute Gasteiger partial charge is 0.506 e. The molecule has 0 unspecified atom stereocenters. The molecule has 7 nitrogen and oxygen atoms in total. The number of nitrogens with zero attached hydrogens (tertiary/aromatic N) is 3. The fourth-order valence-electron chi connectivity index (χ4n) is 4.30. The Labute approximate surface area is 208 Å². The van der Waals surface area contributed by atoms with Crippen molar-refractivity contribution in [2.75, 3.05) is 33.4 Å². The number of aromatic hydroxyl groups is 1. The molecule has 0 atom stereocenters. The molecule has 2 N–H and O–H groups in total. The number of benzene rings is 2. The minimum Gasteiger partial charge on any atom is -0.506 e. The van der Waals surface area contributed by atoms with Crippen LogP contribution in [-0.4, -0.2) is 58.5 Å². The average Bonchev–Trinajstić information content (AvgIpc) is 3.23. The second-order valence-corrected chi connectivity index (χ2v) is 8.86. The molecule has 4 rings (SSSR count). The number of aromatic amines is 1. The van der Waals surface area contributed by atoms with E-state index in [-0.39, 0.29) is 16.2 Å². The highest BCUT2D eigenvalue weighted by atomic mass is 35.5. The number of likely N-dealkylation sites (N-methyl/N-ethyl adjacent to an activating group) is 1. The number of pyridine rings is 1. The highest BCUT2D eigenvalue weighted by molar-refractivity contribution is 6.32. The summed E-state index contributed by atoms with van der Waals surface area (Å²) in [6.45, 7) is 9.19. The molecule has 0 spiro atoms. The van der Waals surface area contributed by atoms with Crippen LogP contribution in [0.1, 0.15) is 32.4 Å². The van der Waals surface area contributed by atoms with Crippen LogP contribution in [0, 0.1) is 12.7 Å². The number of hydrogen-bond donors (Lipinski definition) is 2. The number of unbranched alkanes of at least 4 members (excludes halogenated alkanes) is 1. The number of aryl methyl sites for hydroxylation is 1. The van der Waals surface area contributed by atoms with Crippen molar-refractivity contribution < 1.29 is 19.0 Å². The Balaban J connectivity index is 1.85. The molecule has 0 radical (unpaired) electrons. The topological polar surface area (TPSA) is 83.5 Å². The summed E-state index contributed by atoms with van der Waals surface area (Å²) < 4.78 is 27.6. The molecule has 2 aromatic carbocycles. The van der Waals surface area contributed by atoms with Crippen molar-refractivity contribution in [1.82, 2.24) is 20.1 Å². The molecule has 0 aliphatic heterocycles. The number of phenolic OH excluding ortho intramolecular Hbond substituents is 1. The summed E-state index contributed by atoms with van der Waals surface area (Å²) in [6, 6.07) is 5.99. The van der Waals surface area contributed by atoms with Gasteiger partial charge in [-0.1, -0.05) is 31.9 Å². The number of halogens is 2. The van der Waals surface area contributed by atoms with Gasteiger partial charge in [0.1, 0.15) is 18.2 Å². The van der Waals surface area contributed by atoms with Gasteiger partial charge in [-0.3, -0.25) is 5.10 Å². The average molecular weight is 501 g/mol. The third-order valence-corrected chi connectivity index (χ3v) is 6.50. The van der Waals surface area contributed by atoms with Crippen molar-refractivity contribution in [3.8, 4) is 28.5 Å². The van der Waals surface area contributed by atoms with E-state index in [2.05, 4.69) is 33.9 Å². The Morgan fingerprint density at radius 2 is 1.94 bits per heavy atom. The molecule has 0 saturated carbocycles. The van der Waals surface area contributed by atoms with Crippen LogP contribution in [0.15, 0.2) is 24.3 Å². The SMILES string of the molecule is CCCCN(CC)CCOc1cc(F)c2c(-c3ccc(O)c(Cl)c3)nc3n[nH]c(C)c3c2c1OC. The number of methoxy groups -OCH3 is 1. The van der Waals surface area contributed by atoms with E-state index >= 15 is 4.39 Å². The molecule has 35 heavy (non-hydrogen) atoms. The maximum atomic E-state index is 15.8. The first-order chi connectivity index (χ1) is 16.9. The smallest absolute Gasteiger partial charge is 0.182 e. The third-order valence-electron chi connectivity index (χ3n) is 6.20. The highest BCUT2D eigenvalue weighted by Gasteiger charge is 2.24. The minimum atomic E-state index is -0.497. The van der Waals surface area contributed by atoms with Gasteiger partial charge in [0, 0.05) is 34.6 Å². The molecule has 2 aromatic heterocycles. The molecule has 2 heterocycles. The molecule has 186 valence electrons. The van der Waals surface area contributed by atoms with Gasteiger partial charge in [0.05, 0.1) is 23.2 Å². The zero-order valence-electron chi connectivity index (χ0n) is 20.4. The summed E-state index contributed by atoms with van der Waals surface area (Å²) in [5.74, 6) is 0.182. The first kappa shape index (κ1) is 25.0. The van der Waals surface area contributed by atoms with Crippen molar-refractivity contribution >= 4 is 33.4 Å². The Morgan fingerprint density at radius 1 is 1.14 bits per heavy atom. The van der Waals surface area contributed by atoms with Gasteiger partial charge in [0.25, 0.3) is 0 Å². The lowest BCUT2D eigenvalue weighted by atomic mass is 9.99. The van der Waals surface area contributed by atoms with Crippen LogP contribution in [0.3, 0.4) is 0 Å². The van der Waals surface area contributed by atoms with Gasteiger partial charge in [-0.2, -0.15) is 5.10 Å². The lowest BCUT2D eigenvalue weighted by Gasteiger charge is -2.21. The summed E-state index contributed by atoms with van der Waals surface area (Å²) in [4.78, 5) is 6.94. The number of aromatic nitrogens is 3. The van der Waals surface area contributed by atoms with E-state index in [4.69, 9.17) is 21.1 Å². The third kappa shape index (κ3) is 4.86. The number of H-pyrrole nitrogens is 1. The monoisotopic (exact) mass is 500 g/mol. The van der Waals surface area contributed by atoms with Crippen molar-refractivity contribution in [1.29, 1.82) is 0 Å². The maximum Gasteiger partial charge on any atom is 0.182 e. The summed E-state index contributed by atoms with van der Waals surface area (Å²) in [7, 11) is 1.54. The Morgan fingerprint density at radius 3 is 2.63 bits per heavy atom. The fraction of sp³-hybridized carbons (Fsp3) is 0.385. The van der Waals surface area contributed by atoms with E-state index in [1.165, 1.54) is 19.2 Å². The van der Waals surface area contributed by atoms with Crippen LogP contribution < -0.4 is 9.47 Å². The van der Waals surface area contributed by atoms with Crippen LogP contribution in [0.25, 0.3) is 33.1 Å². The second kappa shape index (κ2) is 10.7. The summed E-state index contributed by atoms with van der Waals surface area (Å²) in [5.41, 5.74) is 2.05. The first-order valence-electron chi connectivity index (χ1n) is 11.8. The molecule has 0 aliphatic carbocycles. The Kier molecular flexibility index (Phi) is 7.62. The van der Waals surface area contributed by atoms with Gasteiger partial charge < -0.3 is 19.5 Å². The van der Waals surface area contributed by atoms with Gasteiger partial charge in [-0.15, -0.1) is 0 Å². The molecule has 0 aliphatic rings. The van der Waals surface area contributed by atoms with Gasteiger partial charge in [-0.05, 0) is 44.6 Å². The van der Waals surface area contributed by atoms with Crippen molar-refractivity contribution in [3.63, 3.8) is 0 Å². The molecule has 4 aromatic rings. The zero-order chi connectivity index (χ0) is 25.1. The summed E-state index contributed by atoms with van der Waals surface area (Å²) in [6.07, 6.45) is 2.25. The molecular formula is C26H30ClFN4O3. The van der Waals surface area contributed by atoms with Crippen LogP contribution in [0.2, 0.25) is 5.02 Å². The molecule has 0 saturated heterocycles. The van der Waals surface area contributed by atoms with Crippen LogP contribution >= 0.6 is 11.6 Å². The first-order valence-corrected chi connectivity index (χ1v) is 12.2. The number of fused-ring (bicyclic) bond motifs is 3.